The molecule has 0 aliphatic carbocycles. The van der Waals surface area contributed by atoms with E-state index in [9.17, 15) is 0 Å². The zero-order valence-corrected chi connectivity index (χ0v) is 9.36. The van der Waals surface area contributed by atoms with Crippen LogP contribution in [0, 0.1) is 0 Å². The number of nitrogens with zero attached hydrogens (tertiary/aromatic N) is 1. The standard InChI is InChI=1S/C13H19NO/c1-3-5-8-12(7-4-2)11-13-9-6-10-14-15-13/h3,5,7-8,10,13H,1,4,6,9,11H2,2H3/b8-5-,12-7+. The van der Waals surface area contributed by atoms with Gasteiger partial charge in [0, 0.05) is 12.6 Å². The summed E-state index contributed by atoms with van der Waals surface area (Å²) in [5, 5.41) is 3.86. The van der Waals surface area contributed by atoms with E-state index in [1.165, 1.54) is 5.57 Å². The van der Waals surface area contributed by atoms with Crippen LogP contribution in [-0.4, -0.2) is 12.3 Å². The molecule has 1 rings (SSSR count). The minimum Gasteiger partial charge on any atom is -0.392 e. The average molecular weight is 205 g/mol. The molecule has 1 aliphatic rings. The molecule has 1 aliphatic heterocycles. The lowest BCUT2D eigenvalue weighted by molar-refractivity contribution is 0.0468. The molecule has 1 atom stereocenters. The Bertz CT molecular complexity index is 276. The van der Waals surface area contributed by atoms with Gasteiger partial charge in [0.2, 0.25) is 0 Å². The molecule has 2 nitrogen and oxygen atoms in total. The summed E-state index contributed by atoms with van der Waals surface area (Å²) in [5.74, 6) is 0. The summed E-state index contributed by atoms with van der Waals surface area (Å²) in [4.78, 5) is 5.30. The third kappa shape index (κ3) is 4.63. The predicted octanol–water partition coefficient (Wildman–Crippen LogP) is 3.62. The molecule has 0 radical (unpaired) electrons. The lowest BCUT2D eigenvalue weighted by Crippen LogP contribution is -2.14. The van der Waals surface area contributed by atoms with Crippen LogP contribution in [-0.2, 0) is 4.84 Å². The summed E-state index contributed by atoms with van der Waals surface area (Å²) in [6.07, 6.45) is 14.2. The molecular weight excluding hydrogens is 186 g/mol. The molecule has 1 heterocycles. The maximum atomic E-state index is 5.30. The van der Waals surface area contributed by atoms with E-state index in [0.717, 1.165) is 25.7 Å². The molecule has 0 aromatic heterocycles. The van der Waals surface area contributed by atoms with Gasteiger partial charge < -0.3 is 4.84 Å². The molecule has 0 amide bonds. The Balaban J connectivity index is 2.50. The van der Waals surface area contributed by atoms with Gasteiger partial charge in [-0.15, -0.1) is 0 Å². The van der Waals surface area contributed by atoms with Crippen LogP contribution in [0.2, 0.25) is 0 Å². The molecular formula is C13H19NO. The molecule has 15 heavy (non-hydrogen) atoms. The van der Waals surface area contributed by atoms with E-state index in [1.807, 2.05) is 12.3 Å². The topological polar surface area (TPSA) is 21.6 Å². The maximum absolute atomic E-state index is 5.30. The van der Waals surface area contributed by atoms with E-state index in [4.69, 9.17) is 4.84 Å². The minimum atomic E-state index is 0.238. The van der Waals surface area contributed by atoms with Gasteiger partial charge in [0.05, 0.1) is 0 Å². The average Bonchev–Trinajstić information content (AvgIpc) is 2.28. The Kier molecular flexibility index (Phi) is 5.52. The zero-order valence-electron chi connectivity index (χ0n) is 9.36. The van der Waals surface area contributed by atoms with Gasteiger partial charge in [0.15, 0.2) is 0 Å². The van der Waals surface area contributed by atoms with Crippen molar-refractivity contribution in [2.75, 3.05) is 0 Å². The van der Waals surface area contributed by atoms with Crippen molar-refractivity contribution in [3.63, 3.8) is 0 Å². The van der Waals surface area contributed by atoms with Gasteiger partial charge in [-0.2, -0.15) is 0 Å². The monoisotopic (exact) mass is 205 g/mol. The van der Waals surface area contributed by atoms with Gasteiger partial charge >= 0.3 is 0 Å². The first-order valence-corrected chi connectivity index (χ1v) is 5.52. The second kappa shape index (κ2) is 7.04. The highest BCUT2D eigenvalue weighted by Crippen LogP contribution is 2.17. The van der Waals surface area contributed by atoms with E-state index in [2.05, 4.69) is 30.8 Å². The normalized spacial score (nSPS) is 21.7. The van der Waals surface area contributed by atoms with E-state index >= 15 is 0 Å². The van der Waals surface area contributed by atoms with Crippen LogP contribution in [0.4, 0.5) is 0 Å². The quantitative estimate of drug-likeness (QED) is 0.628. The Morgan fingerprint density at radius 1 is 1.67 bits per heavy atom. The maximum Gasteiger partial charge on any atom is 0.131 e. The van der Waals surface area contributed by atoms with Crippen LogP contribution in [0.1, 0.15) is 32.6 Å². The van der Waals surface area contributed by atoms with Gasteiger partial charge in [0.1, 0.15) is 6.10 Å². The summed E-state index contributed by atoms with van der Waals surface area (Å²) in [5.41, 5.74) is 1.31. The fraction of sp³-hybridized carbons (Fsp3) is 0.462. The Hall–Kier alpha value is -1.31. The number of hydrogen-bond acceptors (Lipinski definition) is 2. The summed E-state index contributed by atoms with van der Waals surface area (Å²) in [6, 6.07) is 0. The van der Waals surface area contributed by atoms with Crippen LogP contribution in [0.15, 0.2) is 41.6 Å². The zero-order chi connectivity index (χ0) is 10.9. The molecule has 0 bridgehead atoms. The van der Waals surface area contributed by atoms with E-state index in [-0.39, 0.29) is 6.10 Å². The van der Waals surface area contributed by atoms with Crippen molar-refractivity contribution < 1.29 is 4.84 Å². The highest BCUT2D eigenvalue weighted by atomic mass is 16.6. The lowest BCUT2D eigenvalue weighted by Gasteiger charge is -2.17. The summed E-state index contributed by atoms with van der Waals surface area (Å²) in [6.45, 7) is 5.81. The Morgan fingerprint density at radius 2 is 2.53 bits per heavy atom. The van der Waals surface area contributed by atoms with Crippen LogP contribution in [0.3, 0.4) is 0 Å². The van der Waals surface area contributed by atoms with Crippen LogP contribution < -0.4 is 0 Å². The Morgan fingerprint density at radius 3 is 3.13 bits per heavy atom. The second-order valence-electron chi connectivity index (χ2n) is 3.58. The van der Waals surface area contributed by atoms with Gasteiger partial charge in [-0.25, -0.2) is 0 Å². The molecule has 0 spiro atoms. The van der Waals surface area contributed by atoms with E-state index in [0.29, 0.717) is 0 Å². The van der Waals surface area contributed by atoms with Gasteiger partial charge in [-0.1, -0.05) is 43.0 Å². The number of rotatable bonds is 5. The van der Waals surface area contributed by atoms with Crippen molar-refractivity contribution in [3.8, 4) is 0 Å². The minimum absolute atomic E-state index is 0.238. The van der Waals surface area contributed by atoms with Crippen molar-refractivity contribution in [2.24, 2.45) is 5.16 Å². The molecule has 0 fully saturated rings. The molecule has 1 unspecified atom stereocenters. The van der Waals surface area contributed by atoms with Crippen molar-refractivity contribution in [3.05, 3.63) is 36.5 Å². The molecule has 82 valence electrons. The first-order chi connectivity index (χ1) is 7.36. The van der Waals surface area contributed by atoms with Crippen molar-refractivity contribution in [1.82, 2.24) is 0 Å². The first-order valence-electron chi connectivity index (χ1n) is 5.52. The smallest absolute Gasteiger partial charge is 0.131 e. The summed E-state index contributed by atoms with van der Waals surface area (Å²) in [7, 11) is 0. The molecule has 0 saturated carbocycles. The Labute approximate surface area is 92.0 Å². The molecule has 0 saturated heterocycles. The van der Waals surface area contributed by atoms with E-state index in [1.54, 1.807) is 6.08 Å². The van der Waals surface area contributed by atoms with Gasteiger partial charge in [-0.3, -0.25) is 0 Å². The highest BCUT2D eigenvalue weighted by Gasteiger charge is 2.13. The first kappa shape index (κ1) is 11.8. The molecule has 2 heteroatoms. The van der Waals surface area contributed by atoms with Crippen molar-refractivity contribution in [2.45, 2.75) is 38.7 Å². The highest BCUT2D eigenvalue weighted by molar-refractivity contribution is 5.56. The largest absolute Gasteiger partial charge is 0.392 e. The van der Waals surface area contributed by atoms with Gasteiger partial charge in [0.25, 0.3) is 0 Å². The van der Waals surface area contributed by atoms with E-state index < -0.39 is 0 Å². The SMILES string of the molecule is C=C/C=C\C(=C/CC)CC1CCC=NO1. The van der Waals surface area contributed by atoms with Gasteiger partial charge in [-0.05, 0) is 24.8 Å². The summed E-state index contributed by atoms with van der Waals surface area (Å²) >= 11 is 0. The van der Waals surface area contributed by atoms with Crippen molar-refractivity contribution in [1.29, 1.82) is 0 Å². The number of hydrogen-bond donors (Lipinski definition) is 0. The van der Waals surface area contributed by atoms with Crippen LogP contribution in [0.5, 0.6) is 0 Å². The van der Waals surface area contributed by atoms with Crippen LogP contribution >= 0.6 is 0 Å². The molecule has 0 N–H and O–H groups in total. The second-order valence-corrected chi connectivity index (χ2v) is 3.58. The number of oxime groups is 1. The van der Waals surface area contributed by atoms with Crippen molar-refractivity contribution >= 4 is 6.21 Å². The predicted molar refractivity (Wildman–Crippen MR) is 64.9 cm³/mol. The fourth-order valence-corrected chi connectivity index (χ4v) is 1.57. The lowest BCUT2D eigenvalue weighted by atomic mass is 10.0. The summed E-state index contributed by atoms with van der Waals surface area (Å²) < 4.78 is 0. The molecule has 0 aromatic rings. The third-order valence-electron chi connectivity index (χ3n) is 2.28. The van der Waals surface area contributed by atoms with Crippen LogP contribution in [0.25, 0.3) is 0 Å². The number of allylic oxidation sites excluding steroid dienone is 4. The molecule has 0 aromatic carbocycles. The fourth-order valence-electron chi connectivity index (χ4n) is 1.57. The third-order valence-corrected chi connectivity index (χ3v) is 2.28.